The zero-order valence-electron chi connectivity index (χ0n) is 11.8. The number of ether oxygens (including phenoxy) is 1. The van der Waals surface area contributed by atoms with Crippen molar-refractivity contribution in [3.63, 3.8) is 0 Å². The molecule has 0 saturated heterocycles. The summed E-state index contributed by atoms with van der Waals surface area (Å²) in [7, 11) is 1.60. The quantitative estimate of drug-likeness (QED) is 0.806. The molecule has 0 bridgehead atoms. The molecule has 2 N–H and O–H groups in total. The molecule has 0 aliphatic carbocycles. The van der Waals surface area contributed by atoms with Crippen molar-refractivity contribution in [2.24, 2.45) is 0 Å². The van der Waals surface area contributed by atoms with Gasteiger partial charge in [0.15, 0.2) is 0 Å². The molecule has 106 valence electrons. The lowest BCUT2D eigenvalue weighted by molar-refractivity contribution is 0.397. The fraction of sp³-hybridized carbons (Fsp3) is 0.357. The van der Waals surface area contributed by atoms with E-state index < -0.39 is 0 Å². The molecule has 0 fully saturated rings. The molecule has 2 rings (SSSR count). The van der Waals surface area contributed by atoms with Crippen molar-refractivity contribution in [3.05, 3.63) is 36.3 Å². The third-order valence-corrected chi connectivity index (χ3v) is 2.70. The average molecular weight is 273 g/mol. The highest BCUT2D eigenvalue weighted by atomic mass is 16.5. The van der Waals surface area contributed by atoms with E-state index in [9.17, 15) is 0 Å². The summed E-state index contributed by atoms with van der Waals surface area (Å²) < 4.78 is 5.02. The SMILES string of the molecule is CCCNc1cc(NCc2ccc(OC)nc2)ncn1. The first-order chi connectivity index (χ1) is 9.81. The van der Waals surface area contributed by atoms with Crippen molar-refractivity contribution < 1.29 is 4.74 Å². The molecular formula is C14H19N5O. The maximum Gasteiger partial charge on any atom is 0.212 e. The van der Waals surface area contributed by atoms with Crippen molar-refractivity contribution in [1.82, 2.24) is 15.0 Å². The molecule has 0 radical (unpaired) electrons. The van der Waals surface area contributed by atoms with E-state index in [1.807, 2.05) is 18.2 Å². The van der Waals surface area contributed by atoms with Crippen LogP contribution in [0.4, 0.5) is 11.6 Å². The Hall–Kier alpha value is -2.37. The molecule has 0 saturated carbocycles. The summed E-state index contributed by atoms with van der Waals surface area (Å²) >= 11 is 0. The Morgan fingerprint density at radius 1 is 1.10 bits per heavy atom. The molecule has 0 aliphatic rings. The second-order valence-corrected chi connectivity index (χ2v) is 4.28. The molecule has 2 aromatic heterocycles. The van der Waals surface area contributed by atoms with Gasteiger partial charge in [-0.25, -0.2) is 15.0 Å². The first kappa shape index (κ1) is 14.0. The minimum absolute atomic E-state index is 0.613. The van der Waals surface area contributed by atoms with E-state index in [0.29, 0.717) is 12.4 Å². The highest BCUT2D eigenvalue weighted by Gasteiger charge is 1.99. The maximum absolute atomic E-state index is 5.02. The van der Waals surface area contributed by atoms with Gasteiger partial charge < -0.3 is 15.4 Å². The zero-order chi connectivity index (χ0) is 14.2. The van der Waals surface area contributed by atoms with E-state index in [2.05, 4.69) is 32.5 Å². The van der Waals surface area contributed by atoms with Crippen molar-refractivity contribution in [2.75, 3.05) is 24.3 Å². The summed E-state index contributed by atoms with van der Waals surface area (Å²) in [5, 5.41) is 6.47. The number of aromatic nitrogens is 3. The van der Waals surface area contributed by atoms with Gasteiger partial charge in [0.25, 0.3) is 0 Å². The van der Waals surface area contributed by atoms with Gasteiger partial charge >= 0.3 is 0 Å². The van der Waals surface area contributed by atoms with Crippen molar-refractivity contribution in [2.45, 2.75) is 19.9 Å². The number of nitrogens with zero attached hydrogens (tertiary/aromatic N) is 3. The van der Waals surface area contributed by atoms with Gasteiger partial charge in [-0.3, -0.25) is 0 Å². The fourth-order valence-corrected chi connectivity index (χ4v) is 1.63. The van der Waals surface area contributed by atoms with Crippen LogP contribution in [0.1, 0.15) is 18.9 Å². The van der Waals surface area contributed by atoms with Gasteiger partial charge in [0.05, 0.1) is 7.11 Å². The summed E-state index contributed by atoms with van der Waals surface area (Å²) in [5.74, 6) is 2.23. The Morgan fingerprint density at radius 3 is 2.55 bits per heavy atom. The summed E-state index contributed by atoms with van der Waals surface area (Å²) in [6, 6.07) is 5.70. The number of nitrogens with one attached hydrogen (secondary N) is 2. The number of hydrogen-bond acceptors (Lipinski definition) is 6. The van der Waals surface area contributed by atoms with E-state index in [4.69, 9.17) is 4.74 Å². The van der Waals surface area contributed by atoms with Crippen LogP contribution in [0.5, 0.6) is 5.88 Å². The molecule has 0 aromatic carbocycles. The molecule has 2 aromatic rings. The monoisotopic (exact) mass is 273 g/mol. The molecule has 0 atom stereocenters. The first-order valence-electron chi connectivity index (χ1n) is 6.60. The Labute approximate surface area is 118 Å². The molecule has 20 heavy (non-hydrogen) atoms. The first-order valence-corrected chi connectivity index (χ1v) is 6.60. The second kappa shape index (κ2) is 7.28. The van der Waals surface area contributed by atoms with E-state index in [1.165, 1.54) is 0 Å². The van der Waals surface area contributed by atoms with Gasteiger partial charge in [-0.2, -0.15) is 0 Å². The summed E-state index contributed by atoms with van der Waals surface area (Å²) in [5.41, 5.74) is 1.06. The lowest BCUT2D eigenvalue weighted by Crippen LogP contribution is -2.05. The summed E-state index contributed by atoms with van der Waals surface area (Å²) in [6.45, 7) is 3.67. The van der Waals surface area contributed by atoms with Crippen LogP contribution < -0.4 is 15.4 Å². The number of anilines is 2. The fourth-order valence-electron chi connectivity index (χ4n) is 1.63. The molecule has 0 spiro atoms. The van der Waals surface area contributed by atoms with Crippen LogP contribution in [0, 0.1) is 0 Å². The molecule has 6 nitrogen and oxygen atoms in total. The Balaban J connectivity index is 1.92. The van der Waals surface area contributed by atoms with Crippen molar-refractivity contribution in [1.29, 1.82) is 0 Å². The third-order valence-electron chi connectivity index (χ3n) is 2.70. The standard InChI is InChI=1S/C14H19N5O/c1-3-6-15-12-7-13(19-10-18-12)16-8-11-4-5-14(20-2)17-9-11/h4-5,7,9-10H,3,6,8H2,1-2H3,(H2,15,16,18,19). The maximum atomic E-state index is 5.02. The van der Waals surface area contributed by atoms with Crippen LogP contribution in [0.2, 0.25) is 0 Å². The summed E-state index contributed by atoms with van der Waals surface area (Å²) in [6.07, 6.45) is 4.39. The van der Waals surface area contributed by atoms with Crippen LogP contribution in [-0.4, -0.2) is 28.6 Å². The van der Waals surface area contributed by atoms with Crippen LogP contribution in [0.25, 0.3) is 0 Å². The number of rotatable bonds is 7. The van der Waals surface area contributed by atoms with Gasteiger partial charge in [0.1, 0.15) is 18.0 Å². The van der Waals surface area contributed by atoms with E-state index in [-0.39, 0.29) is 0 Å². The predicted octanol–water partition coefficient (Wildman–Crippen LogP) is 2.31. The van der Waals surface area contributed by atoms with E-state index in [1.54, 1.807) is 19.6 Å². The van der Waals surface area contributed by atoms with Crippen LogP contribution in [0.15, 0.2) is 30.7 Å². The molecule has 0 aliphatic heterocycles. The minimum Gasteiger partial charge on any atom is -0.481 e. The zero-order valence-corrected chi connectivity index (χ0v) is 11.8. The lowest BCUT2D eigenvalue weighted by atomic mass is 10.3. The lowest BCUT2D eigenvalue weighted by Gasteiger charge is -2.08. The average Bonchev–Trinajstić information content (AvgIpc) is 2.52. The molecule has 6 heteroatoms. The van der Waals surface area contributed by atoms with Gasteiger partial charge in [-0.1, -0.05) is 13.0 Å². The smallest absolute Gasteiger partial charge is 0.212 e. The van der Waals surface area contributed by atoms with Gasteiger partial charge in [0, 0.05) is 31.4 Å². The highest BCUT2D eigenvalue weighted by molar-refractivity contribution is 5.46. The number of pyridine rings is 1. The van der Waals surface area contributed by atoms with Crippen LogP contribution in [-0.2, 0) is 6.54 Å². The summed E-state index contributed by atoms with van der Waals surface area (Å²) in [4.78, 5) is 12.5. The van der Waals surface area contributed by atoms with Crippen LogP contribution >= 0.6 is 0 Å². The molecule has 0 amide bonds. The largest absolute Gasteiger partial charge is 0.481 e. The van der Waals surface area contributed by atoms with Crippen LogP contribution in [0.3, 0.4) is 0 Å². The number of hydrogen-bond donors (Lipinski definition) is 2. The van der Waals surface area contributed by atoms with Crippen molar-refractivity contribution in [3.8, 4) is 5.88 Å². The molecular weight excluding hydrogens is 254 g/mol. The highest BCUT2D eigenvalue weighted by Crippen LogP contribution is 2.11. The molecule has 0 unspecified atom stereocenters. The predicted molar refractivity (Wildman–Crippen MR) is 78.9 cm³/mol. The Kier molecular flexibility index (Phi) is 5.11. The minimum atomic E-state index is 0.613. The van der Waals surface area contributed by atoms with Crippen molar-refractivity contribution >= 4 is 11.6 Å². The third kappa shape index (κ3) is 4.08. The Bertz CT molecular complexity index is 529. The van der Waals surface area contributed by atoms with E-state index in [0.717, 1.165) is 30.2 Å². The number of methoxy groups -OCH3 is 1. The molecule has 2 heterocycles. The Morgan fingerprint density at radius 2 is 1.90 bits per heavy atom. The van der Waals surface area contributed by atoms with Gasteiger partial charge in [-0.05, 0) is 12.0 Å². The van der Waals surface area contributed by atoms with E-state index >= 15 is 0 Å². The van der Waals surface area contributed by atoms with Gasteiger partial charge in [0.2, 0.25) is 5.88 Å². The second-order valence-electron chi connectivity index (χ2n) is 4.28. The normalized spacial score (nSPS) is 10.1. The topological polar surface area (TPSA) is 72.0 Å². The van der Waals surface area contributed by atoms with Gasteiger partial charge in [-0.15, -0.1) is 0 Å².